The van der Waals surface area contributed by atoms with Gasteiger partial charge in [-0.25, -0.2) is 4.68 Å². The topological polar surface area (TPSA) is 78.1 Å². The molecule has 1 aromatic carbocycles. The van der Waals surface area contributed by atoms with Gasteiger partial charge in [0.1, 0.15) is 0 Å². The average molecular weight is 525 g/mol. The number of thiophene rings is 1. The van der Waals surface area contributed by atoms with Crippen molar-refractivity contribution in [3.05, 3.63) is 74.6 Å². The fraction of sp³-hybridized carbons (Fsp3) is 0.400. The van der Waals surface area contributed by atoms with Crippen LogP contribution in [0, 0.1) is 18.3 Å². The van der Waals surface area contributed by atoms with E-state index in [-0.39, 0.29) is 11.1 Å². The lowest BCUT2D eigenvalue weighted by molar-refractivity contribution is 0.218. The van der Waals surface area contributed by atoms with Crippen LogP contribution in [0.25, 0.3) is 21.3 Å². The second-order valence-electron chi connectivity index (χ2n) is 11.3. The van der Waals surface area contributed by atoms with E-state index in [1.165, 1.54) is 15.9 Å². The summed E-state index contributed by atoms with van der Waals surface area (Å²) in [5, 5.41) is 14.2. The summed E-state index contributed by atoms with van der Waals surface area (Å²) in [6.07, 6.45) is 6.75. The molecular formula is C30H32N6OS. The number of pyridine rings is 1. The van der Waals surface area contributed by atoms with Gasteiger partial charge in [-0.15, -0.1) is 11.3 Å². The van der Waals surface area contributed by atoms with Gasteiger partial charge >= 0.3 is 0 Å². The Balaban J connectivity index is 1.47. The molecule has 0 radical (unpaired) electrons. The number of aryl methyl sites for hydroxylation is 2. The molecule has 1 unspecified atom stereocenters. The smallest absolute Gasteiger partial charge is 0.267 e. The van der Waals surface area contributed by atoms with Gasteiger partial charge in [-0.3, -0.25) is 14.7 Å². The van der Waals surface area contributed by atoms with Crippen molar-refractivity contribution >= 4 is 27.2 Å². The predicted molar refractivity (Wildman–Crippen MR) is 153 cm³/mol. The molecule has 0 saturated carbocycles. The largest absolute Gasteiger partial charge is 0.366 e. The van der Waals surface area contributed by atoms with Crippen molar-refractivity contribution in [3.8, 4) is 17.2 Å². The molecule has 8 heteroatoms. The molecule has 1 saturated heterocycles. The highest BCUT2D eigenvalue weighted by atomic mass is 32.1. The molecule has 3 aromatic heterocycles. The summed E-state index contributed by atoms with van der Waals surface area (Å²) in [7, 11) is 2.22. The molecule has 2 aliphatic heterocycles. The molecular weight excluding hydrogens is 492 g/mol. The summed E-state index contributed by atoms with van der Waals surface area (Å²) >= 11 is 1.65. The first-order valence-corrected chi connectivity index (χ1v) is 14.0. The van der Waals surface area contributed by atoms with E-state index in [0.29, 0.717) is 18.2 Å². The molecule has 5 heterocycles. The zero-order valence-electron chi connectivity index (χ0n) is 22.4. The van der Waals surface area contributed by atoms with Gasteiger partial charge in [-0.05, 0) is 82.5 Å². The number of likely N-dealkylation sites (N-methyl/N-ethyl adjacent to an activating group) is 1. The highest BCUT2D eigenvalue weighted by molar-refractivity contribution is 7.19. The van der Waals surface area contributed by atoms with Gasteiger partial charge in [0, 0.05) is 58.6 Å². The second-order valence-corrected chi connectivity index (χ2v) is 12.4. The fourth-order valence-corrected chi connectivity index (χ4v) is 7.17. The number of benzene rings is 1. The molecule has 194 valence electrons. The van der Waals surface area contributed by atoms with E-state index < -0.39 is 0 Å². The summed E-state index contributed by atoms with van der Waals surface area (Å²) in [5.41, 5.74) is 7.24. The molecule has 0 amide bonds. The SMILES string of the molecule is Cc1cnn(Cc2cc3nccc(-c4cc(C#N)cc5c4N(C4CN(C)C(C)(C)C4)CCC5)c3s2)c(=O)c1. The highest BCUT2D eigenvalue weighted by Gasteiger charge is 2.40. The van der Waals surface area contributed by atoms with Crippen molar-refractivity contribution in [2.75, 3.05) is 25.0 Å². The lowest BCUT2D eigenvalue weighted by Gasteiger charge is -2.38. The van der Waals surface area contributed by atoms with Crippen molar-refractivity contribution in [1.82, 2.24) is 19.7 Å². The molecule has 0 spiro atoms. The first-order chi connectivity index (χ1) is 18.2. The first kappa shape index (κ1) is 24.8. The molecule has 6 rings (SSSR count). The summed E-state index contributed by atoms with van der Waals surface area (Å²) in [5.74, 6) is 0. The van der Waals surface area contributed by atoms with Crippen LogP contribution in [-0.2, 0) is 13.0 Å². The van der Waals surface area contributed by atoms with Crippen molar-refractivity contribution < 1.29 is 0 Å². The number of nitriles is 1. The fourth-order valence-electron chi connectivity index (χ4n) is 6.05. The summed E-state index contributed by atoms with van der Waals surface area (Å²) in [6.45, 7) is 8.98. The van der Waals surface area contributed by atoms with Crippen LogP contribution in [0.15, 0.2) is 47.5 Å². The van der Waals surface area contributed by atoms with Gasteiger partial charge < -0.3 is 4.90 Å². The van der Waals surface area contributed by atoms with Crippen LogP contribution in [0.5, 0.6) is 0 Å². The Morgan fingerprint density at radius 1 is 1.21 bits per heavy atom. The van der Waals surface area contributed by atoms with E-state index in [0.717, 1.165) is 64.1 Å². The molecule has 4 aromatic rings. The van der Waals surface area contributed by atoms with Crippen LogP contribution in [0.2, 0.25) is 0 Å². The summed E-state index contributed by atoms with van der Waals surface area (Å²) in [6, 6.07) is 12.7. The molecule has 0 aliphatic carbocycles. The third-order valence-corrected chi connectivity index (χ3v) is 9.35. The van der Waals surface area contributed by atoms with Crippen LogP contribution in [0.4, 0.5) is 5.69 Å². The molecule has 1 fully saturated rings. The van der Waals surface area contributed by atoms with Gasteiger partial charge in [-0.1, -0.05) is 0 Å². The number of hydrogen-bond donors (Lipinski definition) is 0. The van der Waals surface area contributed by atoms with Gasteiger partial charge in [0.05, 0.1) is 34.6 Å². The average Bonchev–Trinajstić information content (AvgIpc) is 3.43. The Bertz CT molecular complexity index is 1640. The Labute approximate surface area is 227 Å². The number of likely N-dealkylation sites (tertiary alicyclic amines) is 1. The number of nitrogens with zero attached hydrogens (tertiary/aromatic N) is 6. The molecule has 0 N–H and O–H groups in total. The zero-order chi connectivity index (χ0) is 26.6. The van der Waals surface area contributed by atoms with Crippen LogP contribution in [0.1, 0.15) is 48.3 Å². The molecule has 0 bridgehead atoms. The van der Waals surface area contributed by atoms with Crippen molar-refractivity contribution in [3.63, 3.8) is 0 Å². The van der Waals surface area contributed by atoms with E-state index in [1.54, 1.807) is 23.6 Å². The van der Waals surface area contributed by atoms with Crippen LogP contribution >= 0.6 is 11.3 Å². The van der Waals surface area contributed by atoms with Crippen LogP contribution in [-0.4, -0.2) is 51.4 Å². The highest BCUT2D eigenvalue weighted by Crippen LogP contribution is 2.45. The monoisotopic (exact) mass is 524 g/mol. The number of hydrogen-bond acceptors (Lipinski definition) is 7. The Hall–Kier alpha value is -3.54. The van der Waals surface area contributed by atoms with Gasteiger partial charge in [0.25, 0.3) is 5.56 Å². The minimum Gasteiger partial charge on any atom is -0.366 e. The van der Waals surface area contributed by atoms with Gasteiger partial charge in [0.2, 0.25) is 0 Å². The van der Waals surface area contributed by atoms with Gasteiger partial charge in [-0.2, -0.15) is 10.4 Å². The third-order valence-electron chi connectivity index (χ3n) is 8.21. The van der Waals surface area contributed by atoms with E-state index in [1.807, 2.05) is 13.1 Å². The minimum atomic E-state index is -0.105. The Kier molecular flexibility index (Phi) is 6.09. The molecule has 1 atom stereocenters. The van der Waals surface area contributed by atoms with E-state index in [4.69, 9.17) is 0 Å². The third kappa shape index (κ3) is 4.30. The normalized spacial score (nSPS) is 19.0. The van der Waals surface area contributed by atoms with Gasteiger partial charge in [0.15, 0.2) is 0 Å². The first-order valence-electron chi connectivity index (χ1n) is 13.2. The zero-order valence-corrected chi connectivity index (χ0v) is 23.2. The molecule has 2 aliphatic rings. The molecule has 7 nitrogen and oxygen atoms in total. The predicted octanol–water partition coefficient (Wildman–Crippen LogP) is 4.98. The standard InChI is InChI=1S/C30H32N6OS/c1-19-10-27(37)36(33-16-19)18-23-13-26-29(38-23)24(7-8-32-26)25-12-20(15-31)11-21-6-5-9-35(28(21)25)22-14-30(2,3)34(4)17-22/h7-8,10-13,16,22H,5-6,9,14,17-18H2,1-4H3. The number of aromatic nitrogens is 3. The maximum absolute atomic E-state index is 12.5. The quantitative estimate of drug-likeness (QED) is 0.375. The van der Waals surface area contributed by atoms with E-state index in [9.17, 15) is 10.1 Å². The number of fused-ring (bicyclic) bond motifs is 2. The lowest BCUT2D eigenvalue weighted by Crippen LogP contribution is -2.41. The van der Waals surface area contributed by atoms with E-state index in [2.05, 4.69) is 71.1 Å². The Morgan fingerprint density at radius 2 is 2.05 bits per heavy atom. The summed E-state index contributed by atoms with van der Waals surface area (Å²) in [4.78, 5) is 23.2. The van der Waals surface area contributed by atoms with Crippen molar-refractivity contribution in [2.45, 2.75) is 58.2 Å². The lowest BCUT2D eigenvalue weighted by atomic mass is 9.90. The molecule has 38 heavy (non-hydrogen) atoms. The number of anilines is 1. The minimum absolute atomic E-state index is 0.105. The van der Waals surface area contributed by atoms with E-state index >= 15 is 0 Å². The Morgan fingerprint density at radius 3 is 2.79 bits per heavy atom. The maximum Gasteiger partial charge on any atom is 0.267 e. The van der Waals surface area contributed by atoms with Crippen LogP contribution in [0.3, 0.4) is 0 Å². The number of rotatable bonds is 4. The van der Waals surface area contributed by atoms with Crippen molar-refractivity contribution in [2.24, 2.45) is 0 Å². The summed E-state index contributed by atoms with van der Waals surface area (Å²) < 4.78 is 2.57. The maximum atomic E-state index is 12.5. The van der Waals surface area contributed by atoms with Crippen molar-refractivity contribution in [1.29, 1.82) is 5.26 Å². The van der Waals surface area contributed by atoms with Crippen LogP contribution < -0.4 is 10.5 Å². The second kappa shape index (κ2) is 9.33.